The molecule has 2 aliphatic rings. The van der Waals surface area contributed by atoms with E-state index in [9.17, 15) is 5.11 Å². The number of ether oxygens (including phenoxy) is 1. The minimum atomic E-state index is -0.377. The predicted molar refractivity (Wildman–Crippen MR) is 80.0 cm³/mol. The smallest absolute Gasteiger partial charge is 0.119 e. The molecular formula is C17H25NO2. The van der Waals surface area contributed by atoms with Gasteiger partial charge in [0.1, 0.15) is 5.75 Å². The van der Waals surface area contributed by atoms with E-state index in [-0.39, 0.29) is 12.1 Å². The van der Waals surface area contributed by atoms with Crippen molar-refractivity contribution in [3.05, 3.63) is 29.3 Å². The zero-order valence-corrected chi connectivity index (χ0v) is 12.7. The summed E-state index contributed by atoms with van der Waals surface area (Å²) in [4.78, 5) is 2.50. The lowest BCUT2D eigenvalue weighted by Crippen LogP contribution is -2.46. The Labute approximate surface area is 121 Å². The van der Waals surface area contributed by atoms with Gasteiger partial charge in [-0.1, -0.05) is 19.9 Å². The zero-order valence-electron chi connectivity index (χ0n) is 12.7. The number of nitrogens with zero attached hydrogens (tertiary/aromatic N) is 1. The Bertz CT molecular complexity index is 478. The molecule has 20 heavy (non-hydrogen) atoms. The highest BCUT2D eigenvalue weighted by atomic mass is 16.5. The number of fused-ring (bicyclic) bond motifs is 1. The van der Waals surface area contributed by atoms with E-state index in [2.05, 4.69) is 24.8 Å². The molecule has 1 saturated heterocycles. The molecule has 1 N–H and O–H groups in total. The summed E-state index contributed by atoms with van der Waals surface area (Å²) in [5, 5.41) is 10.7. The third-order valence-electron chi connectivity index (χ3n) is 4.83. The average Bonchev–Trinajstić information content (AvgIpc) is 2.74. The summed E-state index contributed by atoms with van der Waals surface area (Å²) >= 11 is 0. The summed E-state index contributed by atoms with van der Waals surface area (Å²) in [5.41, 5.74) is 2.33. The molecule has 4 unspecified atom stereocenters. The first-order valence-corrected chi connectivity index (χ1v) is 7.67. The molecule has 0 spiro atoms. The number of likely N-dealkylation sites (tertiary alicyclic amines) is 1. The maximum absolute atomic E-state index is 10.7. The van der Waals surface area contributed by atoms with Crippen LogP contribution in [-0.4, -0.2) is 36.2 Å². The maximum atomic E-state index is 10.7. The van der Waals surface area contributed by atoms with Gasteiger partial charge in [-0.2, -0.15) is 0 Å². The van der Waals surface area contributed by atoms with Crippen LogP contribution in [0.1, 0.15) is 37.5 Å². The fourth-order valence-corrected chi connectivity index (χ4v) is 4.02. The van der Waals surface area contributed by atoms with Crippen molar-refractivity contribution in [3.8, 4) is 5.75 Å². The number of rotatable bonds is 2. The van der Waals surface area contributed by atoms with Gasteiger partial charge in [-0.25, -0.2) is 0 Å². The van der Waals surface area contributed by atoms with Gasteiger partial charge in [-0.05, 0) is 47.9 Å². The average molecular weight is 275 g/mol. The van der Waals surface area contributed by atoms with Crippen molar-refractivity contribution < 1.29 is 9.84 Å². The Hall–Kier alpha value is -1.06. The molecule has 1 aromatic carbocycles. The second-order valence-corrected chi connectivity index (χ2v) is 6.68. The Balaban J connectivity index is 1.80. The fourth-order valence-electron chi connectivity index (χ4n) is 4.02. The van der Waals surface area contributed by atoms with E-state index in [0.29, 0.717) is 0 Å². The van der Waals surface area contributed by atoms with Crippen molar-refractivity contribution in [2.24, 2.45) is 11.8 Å². The molecule has 3 rings (SSSR count). The van der Waals surface area contributed by atoms with Gasteiger partial charge in [-0.3, -0.25) is 4.90 Å². The van der Waals surface area contributed by atoms with Crippen molar-refractivity contribution in [2.75, 3.05) is 20.2 Å². The topological polar surface area (TPSA) is 32.7 Å². The Morgan fingerprint density at radius 1 is 1.20 bits per heavy atom. The Kier molecular flexibility index (Phi) is 3.74. The summed E-state index contributed by atoms with van der Waals surface area (Å²) in [7, 11) is 1.68. The summed E-state index contributed by atoms with van der Waals surface area (Å²) in [6, 6.07) is 6.34. The van der Waals surface area contributed by atoms with Gasteiger partial charge in [0.25, 0.3) is 0 Å². The van der Waals surface area contributed by atoms with Gasteiger partial charge in [0.2, 0.25) is 0 Å². The quantitative estimate of drug-likeness (QED) is 0.900. The minimum absolute atomic E-state index is 0.238. The van der Waals surface area contributed by atoms with Crippen LogP contribution < -0.4 is 4.74 Å². The van der Waals surface area contributed by atoms with Crippen molar-refractivity contribution in [1.82, 2.24) is 4.90 Å². The van der Waals surface area contributed by atoms with Crippen molar-refractivity contribution in [2.45, 2.75) is 38.8 Å². The highest BCUT2D eigenvalue weighted by molar-refractivity contribution is 5.41. The van der Waals surface area contributed by atoms with Crippen molar-refractivity contribution in [3.63, 3.8) is 0 Å². The first kappa shape index (κ1) is 13.9. The third kappa shape index (κ3) is 2.45. The van der Waals surface area contributed by atoms with E-state index in [1.807, 2.05) is 12.1 Å². The normalized spacial score (nSPS) is 34.0. The summed E-state index contributed by atoms with van der Waals surface area (Å²) in [5.74, 6) is 2.29. The lowest BCUT2D eigenvalue weighted by atomic mass is 9.90. The van der Waals surface area contributed by atoms with E-state index >= 15 is 0 Å². The molecule has 3 nitrogen and oxygen atoms in total. The summed E-state index contributed by atoms with van der Waals surface area (Å²) in [6.07, 6.45) is 1.89. The molecule has 1 aliphatic heterocycles. The molecule has 3 heteroatoms. The van der Waals surface area contributed by atoms with Crippen LogP contribution in [0.2, 0.25) is 0 Å². The number of benzene rings is 1. The van der Waals surface area contributed by atoms with E-state index in [4.69, 9.17) is 4.74 Å². The summed E-state index contributed by atoms with van der Waals surface area (Å²) < 4.78 is 5.28. The highest BCUT2D eigenvalue weighted by Crippen LogP contribution is 2.38. The van der Waals surface area contributed by atoms with Gasteiger partial charge < -0.3 is 9.84 Å². The lowest BCUT2D eigenvalue weighted by molar-refractivity contribution is 0.0220. The lowest BCUT2D eigenvalue weighted by Gasteiger charge is -2.40. The predicted octanol–water partition coefficient (Wildman–Crippen LogP) is 2.63. The number of piperidine rings is 1. The number of aliphatic hydroxyl groups is 1. The molecule has 1 fully saturated rings. The second kappa shape index (κ2) is 5.38. The molecule has 1 heterocycles. The van der Waals surface area contributed by atoms with Crippen molar-refractivity contribution in [1.29, 1.82) is 0 Å². The molecule has 1 aliphatic carbocycles. The zero-order chi connectivity index (χ0) is 14.3. The molecule has 0 saturated carbocycles. The molecule has 0 aromatic heterocycles. The van der Waals surface area contributed by atoms with Crippen LogP contribution in [0.4, 0.5) is 0 Å². The molecule has 4 atom stereocenters. The molecule has 0 amide bonds. The Morgan fingerprint density at radius 3 is 2.55 bits per heavy atom. The first-order valence-electron chi connectivity index (χ1n) is 7.67. The fraction of sp³-hybridized carbons (Fsp3) is 0.647. The van der Waals surface area contributed by atoms with Gasteiger partial charge in [0.05, 0.1) is 13.2 Å². The van der Waals surface area contributed by atoms with E-state index in [0.717, 1.165) is 42.7 Å². The number of methoxy groups -OCH3 is 1. The molecule has 110 valence electrons. The monoisotopic (exact) mass is 275 g/mol. The minimum Gasteiger partial charge on any atom is -0.497 e. The van der Waals surface area contributed by atoms with Crippen LogP contribution in [0.5, 0.6) is 5.75 Å². The standard InChI is InChI=1S/C17H25NO2/c1-11-6-12(2)10-18(9-11)16-7-13-4-5-14(20-3)8-15(13)17(16)19/h4-5,8,11-12,16-17,19H,6-7,9-10H2,1-3H3. The molecule has 0 bridgehead atoms. The molecule has 0 radical (unpaired) electrons. The van der Waals surface area contributed by atoms with Gasteiger partial charge >= 0.3 is 0 Å². The highest BCUT2D eigenvalue weighted by Gasteiger charge is 2.37. The van der Waals surface area contributed by atoms with E-state index < -0.39 is 0 Å². The van der Waals surface area contributed by atoms with Crippen molar-refractivity contribution >= 4 is 0 Å². The van der Waals surface area contributed by atoms with Crippen LogP contribution in [0, 0.1) is 11.8 Å². The third-order valence-corrected chi connectivity index (χ3v) is 4.83. The molecular weight excluding hydrogens is 250 g/mol. The second-order valence-electron chi connectivity index (χ2n) is 6.68. The van der Waals surface area contributed by atoms with E-state index in [1.54, 1.807) is 7.11 Å². The summed E-state index contributed by atoms with van der Waals surface area (Å²) in [6.45, 7) is 6.86. The molecule has 1 aromatic rings. The van der Waals surface area contributed by atoms with Crippen LogP contribution in [0.3, 0.4) is 0 Å². The van der Waals surface area contributed by atoms with Gasteiger partial charge in [-0.15, -0.1) is 0 Å². The number of aliphatic hydroxyl groups excluding tert-OH is 1. The number of hydrogen-bond acceptors (Lipinski definition) is 3. The van der Waals surface area contributed by atoms with Crippen LogP contribution in [0.25, 0.3) is 0 Å². The van der Waals surface area contributed by atoms with Gasteiger partial charge in [0, 0.05) is 19.1 Å². The number of hydrogen-bond donors (Lipinski definition) is 1. The maximum Gasteiger partial charge on any atom is 0.119 e. The SMILES string of the molecule is COc1ccc2c(c1)C(O)C(N1CC(C)CC(C)C1)C2. The first-order chi connectivity index (χ1) is 9.58. The Morgan fingerprint density at radius 2 is 1.90 bits per heavy atom. The largest absolute Gasteiger partial charge is 0.497 e. The van der Waals surface area contributed by atoms with Crippen LogP contribution in [0.15, 0.2) is 18.2 Å². The van der Waals surface area contributed by atoms with Crippen LogP contribution >= 0.6 is 0 Å². The van der Waals surface area contributed by atoms with Gasteiger partial charge in [0.15, 0.2) is 0 Å². The van der Waals surface area contributed by atoms with Crippen LogP contribution in [-0.2, 0) is 6.42 Å². The van der Waals surface area contributed by atoms with E-state index in [1.165, 1.54) is 12.0 Å².